The van der Waals surface area contributed by atoms with Gasteiger partial charge in [0.15, 0.2) is 0 Å². The number of halogens is 1. The summed E-state index contributed by atoms with van der Waals surface area (Å²) in [6.07, 6.45) is 2.00. The van der Waals surface area contributed by atoms with Gasteiger partial charge in [0.25, 0.3) is 0 Å². The fraction of sp³-hybridized carbons (Fsp3) is 0.222. The second-order valence-electron chi connectivity index (χ2n) is 2.27. The first-order valence-corrected chi connectivity index (χ1v) is 5.79. The van der Waals surface area contributed by atoms with E-state index in [9.17, 15) is 0 Å². The number of nitrogens with zero attached hydrogens (tertiary/aromatic N) is 1. The van der Waals surface area contributed by atoms with Gasteiger partial charge in [-0.05, 0) is 24.0 Å². The second kappa shape index (κ2) is 4.54. The van der Waals surface area contributed by atoms with Gasteiger partial charge in [-0.15, -0.1) is 11.8 Å². The van der Waals surface area contributed by atoms with Crippen molar-refractivity contribution in [2.45, 2.75) is 10.2 Å². The topological polar surface area (TPSA) is 23.8 Å². The van der Waals surface area contributed by atoms with Gasteiger partial charge in [0.1, 0.15) is 0 Å². The molecule has 1 nitrogen and oxygen atoms in total. The van der Waals surface area contributed by atoms with Crippen molar-refractivity contribution in [2.24, 2.45) is 0 Å². The molecule has 0 bridgehead atoms. The van der Waals surface area contributed by atoms with Crippen LogP contribution >= 0.6 is 27.7 Å². The van der Waals surface area contributed by atoms with Crippen LogP contribution in [0.15, 0.2) is 23.1 Å². The first kappa shape index (κ1) is 9.63. The minimum Gasteiger partial charge on any atom is -0.192 e. The molecule has 62 valence electrons. The summed E-state index contributed by atoms with van der Waals surface area (Å²) in [4.78, 5) is 1.14. The monoisotopic (exact) mass is 241 g/mol. The number of thioether (sulfide) groups is 1. The van der Waals surface area contributed by atoms with E-state index in [0.717, 1.165) is 21.4 Å². The standard InChI is InChI=1S/C9H8BrNS/c1-12-9-3-2-7(5-10)8(4-9)6-11/h2-4H,5H2,1H3. The van der Waals surface area contributed by atoms with Crippen LogP contribution < -0.4 is 0 Å². The van der Waals surface area contributed by atoms with E-state index in [-0.39, 0.29) is 0 Å². The summed E-state index contributed by atoms with van der Waals surface area (Å²) in [5.41, 5.74) is 1.81. The quantitative estimate of drug-likeness (QED) is 0.587. The third-order valence-electron chi connectivity index (χ3n) is 1.58. The highest BCUT2D eigenvalue weighted by Gasteiger charge is 2.00. The summed E-state index contributed by atoms with van der Waals surface area (Å²) in [5, 5.41) is 9.53. The molecule has 0 aliphatic carbocycles. The van der Waals surface area contributed by atoms with Gasteiger partial charge in [-0.1, -0.05) is 22.0 Å². The van der Waals surface area contributed by atoms with Crippen LogP contribution in [0.4, 0.5) is 0 Å². The molecule has 0 aromatic heterocycles. The summed E-state index contributed by atoms with van der Waals surface area (Å²) in [6, 6.07) is 8.11. The molecule has 0 saturated carbocycles. The zero-order valence-corrected chi connectivity index (χ0v) is 9.08. The molecular weight excluding hydrogens is 234 g/mol. The maximum atomic E-state index is 8.79. The van der Waals surface area contributed by atoms with Crippen molar-refractivity contribution >= 4 is 27.7 Å². The first-order chi connectivity index (χ1) is 5.81. The molecule has 3 heteroatoms. The van der Waals surface area contributed by atoms with E-state index in [1.54, 1.807) is 11.8 Å². The van der Waals surface area contributed by atoms with Crippen LogP contribution in [-0.2, 0) is 5.33 Å². The maximum Gasteiger partial charge on any atom is 0.0995 e. The number of nitriles is 1. The molecule has 0 fully saturated rings. The van der Waals surface area contributed by atoms with Crippen LogP contribution in [0.25, 0.3) is 0 Å². The summed E-state index contributed by atoms with van der Waals surface area (Å²) in [7, 11) is 0. The summed E-state index contributed by atoms with van der Waals surface area (Å²) in [5.74, 6) is 0. The highest BCUT2D eigenvalue weighted by Crippen LogP contribution is 2.20. The molecule has 0 atom stereocenters. The fourth-order valence-corrected chi connectivity index (χ4v) is 1.83. The molecule has 0 saturated heterocycles. The molecule has 0 amide bonds. The van der Waals surface area contributed by atoms with Crippen molar-refractivity contribution in [2.75, 3.05) is 6.26 Å². The molecule has 12 heavy (non-hydrogen) atoms. The molecule has 0 aliphatic rings. The lowest BCUT2D eigenvalue weighted by atomic mass is 10.1. The highest BCUT2D eigenvalue weighted by molar-refractivity contribution is 9.08. The number of rotatable bonds is 2. The second-order valence-corrected chi connectivity index (χ2v) is 3.71. The smallest absolute Gasteiger partial charge is 0.0995 e. The van der Waals surface area contributed by atoms with Crippen LogP contribution in [-0.4, -0.2) is 6.26 Å². The van der Waals surface area contributed by atoms with Crippen molar-refractivity contribution in [1.82, 2.24) is 0 Å². The molecule has 0 spiro atoms. The Morgan fingerprint density at radius 3 is 2.83 bits per heavy atom. The van der Waals surface area contributed by atoms with Crippen LogP contribution in [0.3, 0.4) is 0 Å². The molecule has 1 rings (SSSR count). The molecule has 1 aromatic rings. The van der Waals surface area contributed by atoms with E-state index in [1.165, 1.54) is 0 Å². The van der Waals surface area contributed by atoms with Crippen LogP contribution in [0.2, 0.25) is 0 Å². The number of benzene rings is 1. The van der Waals surface area contributed by atoms with Gasteiger partial charge < -0.3 is 0 Å². The third-order valence-corrected chi connectivity index (χ3v) is 2.91. The fourth-order valence-electron chi connectivity index (χ4n) is 0.903. The third kappa shape index (κ3) is 2.02. The molecular formula is C9H8BrNS. The average Bonchev–Trinajstić information content (AvgIpc) is 2.16. The van der Waals surface area contributed by atoms with Crippen LogP contribution in [0, 0.1) is 11.3 Å². The highest BCUT2D eigenvalue weighted by atomic mass is 79.9. The maximum absolute atomic E-state index is 8.79. The Bertz CT molecular complexity index is 317. The minimum atomic E-state index is 0.741. The van der Waals surface area contributed by atoms with Crippen LogP contribution in [0.1, 0.15) is 11.1 Å². The number of hydrogen-bond acceptors (Lipinski definition) is 2. The lowest BCUT2D eigenvalue weighted by Crippen LogP contribution is -1.85. The van der Waals surface area contributed by atoms with Gasteiger partial charge in [-0.3, -0.25) is 0 Å². The first-order valence-electron chi connectivity index (χ1n) is 3.44. The SMILES string of the molecule is CSc1ccc(CBr)c(C#N)c1. The Kier molecular flexibility index (Phi) is 3.64. The van der Waals surface area contributed by atoms with Crippen molar-refractivity contribution in [3.8, 4) is 6.07 Å². The van der Waals surface area contributed by atoms with Gasteiger partial charge in [0.05, 0.1) is 11.6 Å². The summed E-state index contributed by atoms with van der Waals surface area (Å²) >= 11 is 4.99. The van der Waals surface area contributed by atoms with E-state index in [2.05, 4.69) is 22.0 Å². The molecule has 0 N–H and O–H groups in total. The van der Waals surface area contributed by atoms with Crippen molar-refractivity contribution in [3.05, 3.63) is 29.3 Å². The van der Waals surface area contributed by atoms with Gasteiger partial charge in [-0.2, -0.15) is 5.26 Å². The Labute approximate surface area is 84.9 Å². The summed E-state index contributed by atoms with van der Waals surface area (Å²) in [6.45, 7) is 0. The average molecular weight is 242 g/mol. The Hall–Kier alpha value is -0.460. The lowest BCUT2D eigenvalue weighted by molar-refractivity contribution is 1.31. The predicted molar refractivity (Wildman–Crippen MR) is 55.6 cm³/mol. The van der Waals surface area contributed by atoms with Crippen molar-refractivity contribution in [1.29, 1.82) is 5.26 Å². The van der Waals surface area contributed by atoms with E-state index in [1.807, 2.05) is 24.5 Å². The predicted octanol–water partition coefficient (Wildman–Crippen LogP) is 3.18. The van der Waals surface area contributed by atoms with Gasteiger partial charge in [-0.25, -0.2) is 0 Å². The Balaban J connectivity index is 3.13. The van der Waals surface area contributed by atoms with E-state index in [4.69, 9.17) is 5.26 Å². The number of alkyl halides is 1. The molecule has 0 heterocycles. The number of hydrogen-bond donors (Lipinski definition) is 0. The van der Waals surface area contributed by atoms with Crippen LogP contribution in [0.5, 0.6) is 0 Å². The van der Waals surface area contributed by atoms with Crippen molar-refractivity contribution in [3.63, 3.8) is 0 Å². The van der Waals surface area contributed by atoms with E-state index < -0.39 is 0 Å². The van der Waals surface area contributed by atoms with E-state index in [0.29, 0.717) is 0 Å². The van der Waals surface area contributed by atoms with Crippen molar-refractivity contribution < 1.29 is 0 Å². The Morgan fingerprint density at radius 1 is 1.58 bits per heavy atom. The summed E-state index contributed by atoms with van der Waals surface area (Å²) < 4.78 is 0. The van der Waals surface area contributed by atoms with Gasteiger partial charge >= 0.3 is 0 Å². The zero-order valence-electron chi connectivity index (χ0n) is 6.67. The molecule has 0 radical (unpaired) electrons. The molecule has 1 aromatic carbocycles. The molecule has 0 unspecified atom stereocenters. The van der Waals surface area contributed by atoms with E-state index >= 15 is 0 Å². The normalized spacial score (nSPS) is 9.42. The van der Waals surface area contributed by atoms with Gasteiger partial charge in [0.2, 0.25) is 0 Å². The largest absolute Gasteiger partial charge is 0.192 e. The minimum absolute atomic E-state index is 0.741. The van der Waals surface area contributed by atoms with Gasteiger partial charge in [0, 0.05) is 10.2 Å². The lowest BCUT2D eigenvalue weighted by Gasteiger charge is -2.01. The molecule has 0 aliphatic heterocycles. The Morgan fingerprint density at radius 2 is 2.33 bits per heavy atom. The zero-order chi connectivity index (χ0) is 8.97.